The van der Waals surface area contributed by atoms with Crippen molar-refractivity contribution < 1.29 is 14.4 Å². The van der Waals surface area contributed by atoms with Crippen molar-refractivity contribution in [3.63, 3.8) is 0 Å². The molecule has 0 amide bonds. The third-order valence-electron chi connectivity index (χ3n) is 1.17. The lowest BCUT2D eigenvalue weighted by Crippen LogP contribution is -2.53. The molecule has 0 aromatic heterocycles. The Labute approximate surface area is 65.8 Å². The summed E-state index contributed by atoms with van der Waals surface area (Å²) >= 11 is 0. The zero-order valence-corrected chi connectivity index (χ0v) is 7.01. The van der Waals surface area contributed by atoms with Crippen LogP contribution in [0.15, 0.2) is 0 Å². The van der Waals surface area contributed by atoms with E-state index in [1.807, 2.05) is 20.8 Å². The van der Waals surface area contributed by atoms with Crippen LogP contribution in [0.5, 0.6) is 0 Å². The van der Waals surface area contributed by atoms with Crippen LogP contribution in [0.2, 0.25) is 0 Å². The summed E-state index contributed by atoms with van der Waals surface area (Å²) in [6.45, 7) is 5.92. The van der Waals surface area contributed by atoms with E-state index in [0.29, 0.717) is 6.61 Å². The number of carbonyl (C=O) groups is 1. The Morgan fingerprint density at radius 3 is 2.45 bits per heavy atom. The van der Waals surface area contributed by atoms with E-state index in [2.05, 4.69) is 10.3 Å². The van der Waals surface area contributed by atoms with E-state index in [-0.39, 0.29) is 12.0 Å². The molecule has 1 N–H and O–H groups in total. The highest BCUT2D eigenvalue weighted by atomic mass is 16.7. The predicted octanol–water partition coefficient (Wildman–Crippen LogP) is 0.232. The lowest BCUT2D eigenvalue weighted by molar-refractivity contribution is -0.180. The van der Waals surface area contributed by atoms with Crippen molar-refractivity contribution in [2.24, 2.45) is 0 Å². The van der Waals surface area contributed by atoms with Crippen LogP contribution in [0.25, 0.3) is 0 Å². The molecule has 4 heteroatoms. The Hall–Kier alpha value is -0.610. The van der Waals surface area contributed by atoms with Crippen molar-refractivity contribution in [2.75, 3.05) is 6.61 Å². The van der Waals surface area contributed by atoms with Crippen molar-refractivity contribution in [1.29, 1.82) is 0 Å². The molecule has 4 nitrogen and oxygen atoms in total. The van der Waals surface area contributed by atoms with E-state index in [1.165, 1.54) is 0 Å². The van der Waals surface area contributed by atoms with Gasteiger partial charge in [0.15, 0.2) is 6.04 Å². The Morgan fingerprint density at radius 2 is 2.18 bits per heavy atom. The SMILES string of the molecule is CC(C)(C)OC(=O)C1CON1. The maximum atomic E-state index is 11.1. The van der Waals surface area contributed by atoms with Crippen LogP contribution < -0.4 is 5.48 Å². The Morgan fingerprint density at radius 1 is 1.64 bits per heavy atom. The fourth-order valence-corrected chi connectivity index (χ4v) is 0.656. The van der Waals surface area contributed by atoms with Gasteiger partial charge < -0.3 is 4.74 Å². The lowest BCUT2D eigenvalue weighted by atomic mass is 10.2. The molecule has 1 aliphatic heterocycles. The Bertz CT molecular complexity index is 158. The molecule has 0 aliphatic carbocycles. The van der Waals surface area contributed by atoms with E-state index in [4.69, 9.17) is 4.74 Å². The molecular formula is C7H13NO3. The molecule has 1 unspecified atom stereocenters. The number of esters is 1. The van der Waals surface area contributed by atoms with Crippen LogP contribution in [-0.4, -0.2) is 24.2 Å². The first kappa shape index (κ1) is 8.49. The van der Waals surface area contributed by atoms with E-state index < -0.39 is 5.60 Å². The van der Waals surface area contributed by atoms with Crippen LogP contribution >= 0.6 is 0 Å². The number of rotatable bonds is 1. The minimum Gasteiger partial charge on any atom is -0.459 e. The molecule has 64 valence electrons. The second kappa shape index (κ2) is 2.79. The second-order valence-corrected chi connectivity index (χ2v) is 3.51. The van der Waals surface area contributed by atoms with Crippen molar-refractivity contribution in [1.82, 2.24) is 5.48 Å². The fraction of sp³-hybridized carbons (Fsp3) is 0.857. The maximum Gasteiger partial charge on any atom is 0.328 e. The van der Waals surface area contributed by atoms with Gasteiger partial charge in [-0.05, 0) is 20.8 Å². The molecule has 0 aromatic rings. The van der Waals surface area contributed by atoms with E-state index in [0.717, 1.165) is 0 Å². The molecule has 1 rings (SSSR count). The minimum atomic E-state index is -0.408. The van der Waals surface area contributed by atoms with Gasteiger partial charge in [-0.1, -0.05) is 0 Å². The van der Waals surface area contributed by atoms with Crippen LogP contribution in [-0.2, 0) is 14.4 Å². The molecule has 0 spiro atoms. The molecule has 0 saturated carbocycles. The van der Waals surface area contributed by atoms with Crippen LogP contribution in [0.3, 0.4) is 0 Å². The molecule has 11 heavy (non-hydrogen) atoms. The van der Waals surface area contributed by atoms with Gasteiger partial charge in [0.2, 0.25) is 0 Å². The molecule has 1 saturated heterocycles. The van der Waals surface area contributed by atoms with Gasteiger partial charge >= 0.3 is 5.97 Å². The highest BCUT2D eigenvalue weighted by Crippen LogP contribution is 2.10. The highest BCUT2D eigenvalue weighted by Gasteiger charge is 2.30. The van der Waals surface area contributed by atoms with Gasteiger partial charge in [-0.15, -0.1) is 0 Å². The minimum absolute atomic E-state index is 0.247. The molecule has 0 aromatic carbocycles. The van der Waals surface area contributed by atoms with Gasteiger partial charge in [0.1, 0.15) is 5.60 Å². The van der Waals surface area contributed by atoms with E-state index in [1.54, 1.807) is 0 Å². The lowest BCUT2D eigenvalue weighted by Gasteiger charge is -2.28. The summed E-state index contributed by atoms with van der Waals surface area (Å²) < 4.78 is 5.06. The summed E-state index contributed by atoms with van der Waals surface area (Å²) in [5.41, 5.74) is 2.08. The van der Waals surface area contributed by atoms with Crippen molar-refractivity contribution >= 4 is 5.97 Å². The summed E-state index contributed by atoms with van der Waals surface area (Å²) in [7, 11) is 0. The molecule has 0 bridgehead atoms. The molecule has 1 atom stereocenters. The van der Waals surface area contributed by atoms with Gasteiger partial charge in [0.25, 0.3) is 0 Å². The topological polar surface area (TPSA) is 47.6 Å². The Kier molecular flexibility index (Phi) is 2.15. The summed E-state index contributed by atoms with van der Waals surface area (Å²) in [4.78, 5) is 15.7. The molecule has 1 heterocycles. The fourth-order valence-electron chi connectivity index (χ4n) is 0.656. The van der Waals surface area contributed by atoms with Crippen LogP contribution in [0.4, 0.5) is 0 Å². The van der Waals surface area contributed by atoms with E-state index in [9.17, 15) is 4.79 Å². The van der Waals surface area contributed by atoms with Crippen LogP contribution in [0, 0.1) is 0 Å². The number of ether oxygens (including phenoxy) is 1. The first-order valence-electron chi connectivity index (χ1n) is 3.59. The molecule has 1 aliphatic rings. The quantitative estimate of drug-likeness (QED) is 0.556. The largest absolute Gasteiger partial charge is 0.459 e. The average molecular weight is 159 g/mol. The number of hydrogen-bond acceptors (Lipinski definition) is 4. The average Bonchev–Trinajstić information content (AvgIpc) is 1.50. The van der Waals surface area contributed by atoms with Gasteiger partial charge in [0.05, 0.1) is 6.61 Å². The number of hydrogen-bond donors (Lipinski definition) is 1. The number of carbonyl (C=O) groups excluding carboxylic acids is 1. The van der Waals surface area contributed by atoms with Gasteiger partial charge in [-0.3, -0.25) is 9.63 Å². The third-order valence-corrected chi connectivity index (χ3v) is 1.17. The predicted molar refractivity (Wildman–Crippen MR) is 38.7 cm³/mol. The Balaban J connectivity index is 2.31. The smallest absolute Gasteiger partial charge is 0.328 e. The zero-order valence-electron chi connectivity index (χ0n) is 7.01. The first-order valence-corrected chi connectivity index (χ1v) is 3.59. The molecular weight excluding hydrogens is 146 g/mol. The van der Waals surface area contributed by atoms with Gasteiger partial charge in [-0.2, -0.15) is 5.48 Å². The standard InChI is InChI=1S/C7H13NO3/c1-7(2,3)11-6(9)5-4-10-8-5/h5,8H,4H2,1-3H3. The first-order chi connectivity index (χ1) is 4.99. The second-order valence-electron chi connectivity index (χ2n) is 3.51. The summed E-state index contributed by atoms with van der Waals surface area (Å²) in [6, 6.07) is -0.269. The third kappa shape index (κ3) is 2.48. The summed E-state index contributed by atoms with van der Waals surface area (Å²) in [6.07, 6.45) is 0. The monoisotopic (exact) mass is 159 g/mol. The zero-order chi connectivity index (χ0) is 8.48. The molecule has 1 fully saturated rings. The van der Waals surface area contributed by atoms with Crippen molar-refractivity contribution in [3.05, 3.63) is 0 Å². The van der Waals surface area contributed by atoms with E-state index >= 15 is 0 Å². The normalized spacial score (nSPS) is 24.1. The summed E-state index contributed by atoms with van der Waals surface area (Å²) in [5.74, 6) is -0.247. The maximum absolute atomic E-state index is 11.1. The molecule has 0 radical (unpaired) electrons. The van der Waals surface area contributed by atoms with Gasteiger partial charge in [0, 0.05) is 0 Å². The van der Waals surface area contributed by atoms with Gasteiger partial charge in [-0.25, -0.2) is 0 Å². The van der Waals surface area contributed by atoms with Crippen molar-refractivity contribution in [2.45, 2.75) is 32.4 Å². The number of nitrogens with one attached hydrogen (secondary N) is 1. The van der Waals surface area contributed by atoms with Crippen molar-refractivity contribution in [3.8, 4) is 0 Å². The highest BCUT2D eigenvalue weighted by molar-refractivity contribution is 5.76. The summed E-state index contributed by atoms with van der Waals surface area (Å²) in [5, 5.41) is 0. The van der Waals surface area contributed by atoms with Crippen LogP contribution in [0.1, 0.15) is 20.8 Å². The number of hydroxylamine groups is 1.